The summed E-state index contributed by atoms with van der Waals surface area (Å²) < 4.78 is 45.0. The number of rotatable bonds is 5. The molecule has 1 rings (SSSR count). The first-order valence-electron chi connectivity index (χ1n) is 5.91. The third-order valence-corrected chi connectivity index (χ3v) is 2.54. The Balaban J connectivity index is 3.26. The Bertz CT molecular complexity index is 541. The van der Waals surface area contributed by atoms with Crippen molar-refractivity contribution in [3.63, 3.8) is 0 Å². The molecule has 0 saturated heterocycles. The summed E-state index contributed by atoms with van der Waals surface area (Å²) >= 11 is 5.65. The summed E-state index contributed by atoms with van der Waals surface area (Å²) in [5.41, 5.74) is -0.443. The van der Waals surface area contributed by atoms with Gasteiger partial charge in [0.2, 0.25) is 0 Å². The summed E-state index contributed by atoms with van der Waals surface area (Å²) in [6.07, 6.45) is -4.91. The molecule has 0 amide bonds. The average Bonchev–Trinajstić information content (AvgIpc) is 2.36. The van der Waals surface area contributed by atoms with Gasteiger partial charge in [0.15, 0.2) is 5.78 Å². The Kier molecular flexibility index (Phi) is 5.60. The second kappa shape index (κ2) is 6.80. The van der Waals surface area contributed by atoms with Crippen LogP contribution in [0.25, 0.3) is 0 Å². The minimum atomic E-state index is -4.91. The van der Waals surface area contributed by atoms with Gasteiger partial charge in [0.25, 0.3) is 0 Å². The van der Waals surface area contributed by atoms with Crippen LogP contribution in [0.4, 0.5) is 13.2 Å². The number of hydrogen-bond donors (Lipinski definition) is 0. The maximum absolute atomic E-state index is 12.2. The fourth-order valence-corrected chi connectivity index (χ4v) is 1.64. The molecule has 1 atom stereocenters. The molecule has 0 fully saturated rings. The summed E-state index contributed by atoms with van der Waals surface area (Å²) in [6.45, 7) is 2.92. The van der Waals surface area contributed by atoms with Crippen LogP contribution >= 0.6 is 11.6 Å². The smallest absolute Gasteiger partial charge is 0.462 e. The quantitative estimate of drug-likeness (QED) is 0.472. The number of esters is 1. The Labute approximate surface area is 123 Å². The number of carbonyl (C=O) groups is 2. The molecular weight excluding hydrogens is 313 g/mol. The van der Waals surface area contributed by atoms with Crippen molar-refractivity contribution in [3.05, 3.63) is 29.3 Å². The molecule has 116 valence electrons. The second-order valence-corrected chi connectivity index (χ2v) is 4.61. The number of benzene rings is 1. The van der Waals surface area contributed by atoms with Crippen molar-refractivity contribution in [2.75, 3.05) is 6.61 Å². The van der Waals surface area contributed by atoms with Crippen molar-refractivity contribution in [2.24, 2.45) is 0 Å². The van der Waals surface area contributed by atoms with Gasteiger partial charge in [-0.2, -0.15) is 0 Å². The van der Waals surface area contributed by atoms with E-state index in [2.05, 4.69) is 4.74 Å². The van der Waals surface area contributed by atoms with Crippen molar-refractivity contribution in [1.29, 1.82) is 0 Å². The van der Waals surface area contributed by atoms with Crippen LogP contribution in [0.3, 0.4) is 0 Å². The van der Waals surface area contributed by atoms with E-state index in [1.54, 1.807) is 0 Å². The van der Waals surface area contributed by atoms with E-state index in [1.165, 1.54) is 13.8 Å². The Morgan fingerprint density at radius 3 is 2.38 bits per heavy atom. The van der Waals surface area contributed by atoms with Gasteiger partial charge in [0, 0.05) is 5.56 Å². The lowest BCUT2D eigenvalue weighted by Gasteiger charge is -2.13. The first-order chi connectivity index (χ1) is 9.65. The lowest BCUT2D eigenvalue weighted by atomic mass is 10.0. The van der Waals surface area contributed by atoms with Gasteiger partial charge < -0.3 is 9.47 Å². The molecule has 0 aliphatic heterocycles. The highest BCUT2D eigenvalue weighted by molar-refractivity contribution is 6.34. The summed E-state index contributed by atoms with van der Waals surface area (Å²) in [6, 6.07) is 2.79. The number of ether oxygens (including phenoxy) is 2. The minimum Gasteiger partial charge on any atom is -0.462 e. The normalized spacial score (nSPS) is 12.7. The fourth-order valence-electron chi connectivity index (χ4n) is 1.53. The van der Waals surface area contributed by atoms with Crippen LogP contribution in [0.15, 0.2) is 18.2 Å². The topological polar surface area (TPSA) is 52.6 Å². The third kappa shape index (κ3) is 4.93. The van der Waals surface area contributed by atoms with E-state index < -0.39 is 29.2 Å². The zero-order valence-corrected chi connectivity index (χ0v) is 11.9. The number of hydrogen-bond acceptors (Lipinski definition) is 4. The Morgan fingerprint density at radius 1 is 1.29 bits per heavy atom. The molecule has 4 nitrogen and oxygen atoms in total. The standard InChI is InChI=1S/C13H12ClF3O4/c1-3-20-12(19)10-6-8(21-13(15,16)17)4-5-9(10)11(18)7(2)14/h4-7H,3H2,1-2H3. The summed E-state index contributed by atoms with van der Waals surface area (Å²) in [5, 5.41) is -0.937. The molecule has 1 aromatic carbocycles. The predicted octanol–water partition coefficient (Wildman–Crippen LogP) is 3.57. The first-order valence-corrected chi connectivity index (χ1v) is 6.34. The van der Waals surface area contributed by atoms with Gasteiger partial charge in [-0.3, -0.25) is 4.79 Å². The zero-order valence-electron chi connectivity index (χ0n) is 11.2. The molecule has 0 bridgehead atoms. The molecule has 0 heterocycles. The maximum atomic E-state index is 12.2. The number of ketones is 1. The van der Waals surface area contributed by atoms with Crippen molar-refractivity contribution in [1.82, 2.24) is 0 Å². The molecule has 1 unspecified atom stereocenters. The average molecular weight is 325 g/mol. The van der Waals surface area contributed by atoms with Gasteiger partial charge in [-0.15, -0.1) is 24.8 Å². The van der Waals surface area contributed by atoms with Crippen molar-refractivity contribution >= 4 is 23.4 Å². The largest absolute Gasteiger partial charge is 0.573 e. The minimum absolute atomic E-state index is 0.00719. The molecule has 0 radical (unpaired) electrons. The lowest BCUT2D eigenvalue weighted by molar-refractivity contribution is -0.274. The molecule has 0 aliphatic carbocycles. The summed E-state index contributed by atoms with van der Waals surface area (Å²) in [7, 11) is 0. The lowest BCUT2D eigenvalue weighted by Crippen LogP contribution is -2.20. The van der Waals surface area contributed by atoms with Gasteiger partial charge in [0.1, 0.15) is 5.75 Å². The van der Waals surface area contributed by atoms with Crippen LogP contribution in [0.2, 0.25) is 0 Å². The van der Waals surface area contributed by atoms with Crippen LogP contribution in [0, 0.1) is 0 Å². The number of halogens is 4. The third-order valence-electron chi connectivity index (χ3n) is 2.35. The number of alkyl halides is 4. The van der Waals surface area contributed by atoms with Gasteiger partial charge in [-0.1, -0.05) is 0 Å². The SMILES string of the molecule is CCOC(=O)c1cc(OC(F)(F)F)ccc1C(=O)C(C)Cl. The van der Waals surface area contributed by atoms with Crippen LogP contribution in [0.1, 0.15) is 34.6 Å². The van der Waals surface area contributed by atoms with Gasteiger partial charge in [0.05, 0.1) is 17.5 Å². The number of carbonyl (C=O) groups excluding carboxylic acids is 2. The van der Waals surface area contributed by atoms with Crippen molar-refractivity contribution in [2.45, 2.75) is 25.6 Å². The fraction of sp³-hybridized carbons (Fsp3) is 0.385. The van der Waals surface area contributed by atoms with E-state index in [9.17, 15) is 22.8 Å². The molecule has 0 aromatic heterocycles. The van der Waals surface area contributed by atoms with Crippen LogP contribution in [0.5, 0.6) is 5.75 Å². The monoisotopic (exact) mass is 324 g/mol. The van der Waals surface area contributed by atoms with Crippen molar-refractivity contribution in [3.8, 4) is 5.75 Å². The molecule has 0 N–H and O–H groups in total. The van der Waals surface area contributed by atoms with Gasteiger partial charge in [-0.05, 0) is 32.0 Å². The van der Waals surface area contributed by atoms with Gasteiger partial charge in [-0.25, -0.2) is 4.79 Å². The molecule has 0 spiro atoms. The van der Waals surface area contributed by atoms with Crippen molar-refractivity contribution < 1.29 is 32.2 Å². The molecule has 0 aliphatic rings. The summed E-state index contributed by atoms with van der Waals surface area (Å²) in [5.74, 6) is -2.15. The predicted molar refractivity (Wildman–Crippen MR) is 68.7 cm³/mol. The van der Waals surface area contributed by atoms with E-state index in [0.29, 0.717) is 0 Å². The van der Waals surface area contributed by atoms with Gasteiger partial charge >= 0.3 is 12.3 Å². The molecule has 0 saturated carbocycles. The Morgan fingerprint density at radius 2 is 1.90 bits per heavy atom. The molecule has 8 heteroatoms. The van der Waals surface area contributed by atoms with Crippen LogP contribution in [-0.2, 0) is 4.74 Å². The van der Waals surface area contributed by atoms with Crippen LogP contribution < -0.4 is 4.74 Å². The van der Waals surface area contributed by atoms with E-state index >= 15 is 0 Å². The highest BCUT2D eigenvalue weighted by Crippen LogP contribution is 2.26. The first kappa shape index (κ1) is 17.3. The molecule has 1 aromatic rings. The maximum Gasteiger partial charge on any atom is 0.573 e. The molecular formula is C13H12ClF3O4. The second-order valence-electron chi connectivity index (χ2n) is 3.96. The molecule has 21 heavy (non-hydrogen) atoms. The van der Waals surface area contributed by atoms with Crippen LogP contribution in [-0.4, -0.2) is 30.1 Å². The highest BCUT2D eigenvalue weighted by atomic mass is 35.5. The zero-order chi connectivity index (χ0) is 16.2. The van der Waals surface area contributed by atoms with E-state index in [4.69, 9.17) is 16.3 Å². The highest BCUT2D eigenvalue weighted by Gasteiger charge is 2.32. The van der Waals surface area contributed by atoms with E-state index in [-0.39, 0.29) is 17.7 Å². The van der Waals surface area contributed by atoms with E-state index in [1.807, 2.05) is 0 Å². The van der Waals surface area contributed by atoms with E-state index in [0.717, 1.165) is 18.2 Å². The number of Topliss-reactive ketones (excluding diaryl/α,β-unsaturated/α-hetero) is 1. The Hall–Kier alpha value is -1.76. The summed E-state index contributed by atoms with van der Waals surface area (Å²) in [4.78, 5) is 23.6.